The van der Waals surface area contributed by atoms with Crippen molar-refractivity contribution in [3.63, 3.8) is 0 Å². The smallest absolute Gasteiger partial charge is 0.133 e. The lowest BCUT2D eigenvalue weighted by Crippen LogP contribution is -1.89. The largest absolute Gasteiger partial charge is 0.300 e. The van der Waals surface area contributed by atoms with Crippen LogP contribution in [0.15, 0.2) is 12.7 Å². The SMILES string of the molecule is [CH2]C(=O)CCCCCCC=C. The molecule has 0 spiro atoms. The summed E-state index contributed by atoms with van der Waals surface area (Å²) >= 11 is 0. The van der Waals surface area contributed by atoms with Crippen LogP contribution in [0.25, 0.3) is 0 Å². The second-order valence-corrected chi connectivity index (χ2v) is 2.78. The van der Waals surface area contributed by atoms with Crippen molar-refractivity contribution in [1.29, 1.82) is 0 Å². The van der Waals surface area contributed by atoms with E-state index in [0.717, 1.165) is 19.3 Å². The van der Waals surface area contributed by atoms with Gasteiger partial charge in [-0.25, -0.2) is 0 Å². The van der Waals surface area contributed by atoms with Gasteiger partial charge in [-0.05, 0) is 19.3 Å². The van der Waals surface area contributed by atoms with E-state index in [-0.39, 0.29) is 5.78 Å². The fourth-order valence-electron chi connectivity index (χ4n) is 0.964. The second kappa shape index (κ2) is 7.52. The second-order valence-electron chi connectivity index (χ2n) is 2.78. The molecule has 0 aliphatic carbocycles. The van der Waals surface area contributed by atoms with Gasteiger partial charge in [0.1, 0.15) is 5.78 Å². The molecule has 0 aromatic heterocycles. The molecule has 1 nitrogen and oxygen atoms in total. The summed E-state index contributed by atoms with van der Waals surface area (Å²) < 4.78 is 0. The average molecular weight is 153 g/mol. The summed E-state index contributed by atoms with van der Waals surface area (Å²) in [6.07, 6.45) is 8.24. The van der Waals surface area contributed by atoms with Gasteiger partial charge in [-0.2, -0.15) is 0 Å². The fourth-order valence-corrected chi connectivity index (χ4v) is 0.964. The highest BCUT2D eigenvalue weighted by Gasteiger charge is 1.92. The van der Waals surface area contributed by atoms with Crippen molar-refractivity contribution in [3.05, 3.63) is 19.6 Å². The highest BCUT2D eigenvalue weighted by molar-refractivity contribution is 5.82. The van der Waals surface area contributed by atoms with Gasteiger partial charge in [0.2, 0.25) is 0 Å². The first-order valence-electron chi connectivity index (χ1n) is 4.23. The van der Waals surface area contributed by atoms with E-state index < -0.39 is 0 Å². The quantitative estimate of drug-likeness (QED) is 0.406. The molecule has 0 aromatic rings. The number of unbranched alkanes of at least 4 members (excludes halogenated alkanes) is 4. The fraction of sp³-hybridized carbons (Fsp3) is 0.600. The Bertz CT molecular complexity index is 116. The first kappa shape index (κ1) is 10.4. The molecule has 0 bridgehead atoms. The molecule has 0 aliphatic heterocycles. The number of carbonyl (C=O) groups excluding carboxylic acids is 1. The van der Waals surface area contributed by atoms with Gasteiger partial charge in [-0.3, -0.25) is 4.79 Å². The Kier molecular flexibility index (Phi) is 7.11. The molecule has 1 radical (unpaired) electrons. The first-order chi connectivity index (χ1) is 5.27. The molecule has 0 saturated heterocycles. The van der Waals surface area contributed by atoms with Crippen molar-refractivity contribution in [2.75, 3.05) is 0 Å². The Morgan fingerprint density at radius 1 is 1.18 bits per heavy atom. The first-order valence-corrected chi connectivity index (χ1v) is 4.23. The van der Waals surface area contributed by atoms with E-state index >= 15 is 0 Å². The molecule has 0 heterocycles. The molecule has 0 aliphatic rings. The minimum absolute atomic E-state index is 0.0636. The maximum Gasteiger partial charge on any atom is 0.133 e. The summed E-state index contributed by atoms with van der Waals surface area (Å²) in [6.45, 7) is 6.96. The molecular formula is C10H17O. The molecule has 0 rings (SSSR count). The van der Waals surface area contributed by atoms with E-state index in [4.69, 9.17) is 0 Å². The standard InChI is InChI=1S/C10H17O/c1-3-4-5-6-7-8-9-10(2)11/h3H,1-2,4-9H2. The normalized spacial score (nSPS) is 9.55. The number of carbonyl (C=O) groups is 1. The van der Waals surface area contributed by atoms with Gasteiger partial charge in [-0.1, -0.05) is 18.9 Å². The van der Waals surface area contributed by atoms with Crippen LogP contribution in [0.5, 0.6) is 0 Å². The highest BCUT2D eigenvalue weighted by Crippen LogP contribution is 2.05. The van der Waals surface area contributed by atoms with E-state index in [1.807, 2.05) is 6.08 Å². The molecular weight excluding hydrogens is 136 g/mol. The molecule has 0 N–H and O–H groups in total. The van der Waals surface area contributed by atoms with Crippen molar-refractivity contribution < 1.29 is 4.79 Å². The van der Waals surface area contributed by atoms with Gasteiger partial charge in [-0.15, -0.1) is 6.58 Å². The number of hydrogen-bond donors (Lipinski definition) is 0. The van der Waals surface area contributed by atoms with Gasteiger partial charge in [0.25, 0.3) is 0 Å². The van der Waals surface area contributed by atoms with E-state index in [1.165, 1.54) is 12.8 Å². The third-order valence-corrected chi connectivity index (χ3v) is 1.61. The zero-order valence-electron chi connectivity index (χ0n) is 7.14. The third-order valence-electron chi connectivity index (χ3n) is 1.61. The van der Waals surface area contributed by atoms with E-state index in [9.17, 15) is 4.79 Å². The van der Waals surface area contributed by atoms with Crippen molar-refractivity contribution in [2.24, 2.45) is 0 Å². The molecule has 11 heavy (non-hydrogen) atoms. The van der Waals surface area contributed by atoms with Crippen LogP contribution in [0, 0.1) is 6.92 Å². The maximum absolute atomic E-state index is 10.4. The van der Waals surface area contributed by atoms with Crippen molar-refractivity contribution >= 4 is 5.78 Å². The minimum Gasteiger partial charge on any atom is -0.300 e. The summed E-state index contributed by atoms with van der Waals surface area (Å²) in [4.78, 5) is 10.4. The number of ketones is 1. The van der Waals surface area contributed by atoms with Crippen LogP contribution in [-0.2, 0) is 4.79 Å². The monoisotopic (exact) mass is 153 g/mol. The Hall–Kier alpha value is -0.590. The summed E-state index contributed by atoms with van der Waals surface area (Å²) in [6, 6.07) is 0. The van der Waals surface area contributed by atoms with E-state index in [1.54, 1.807) is 0 Å². The van der Waals surface area contributed by atoms with Crippen LogP contribution in [0.4, 0.5) is 0 Å². The lowest BCUT2D eigenvalue weighted by Gasteiger charge is -1.96. The van der Waals surface area contributed by atoms with Crippen molar-refractivity contribution in [2.45, 2.75) is 38.5 Å². The minimum atomic E-state index is 0.0636. The van der Waals surface area contributed by atoms with Gasteiger partial charge in [0.15, 0.2) is 0 Å². The number of allylic oxidation sites excluding steroid dienone is 1. The van der Waals surface area contributed by atoms with Crippen LogP contribution in [0.1, 0.15) is 38.5 Å². The van der Waals surface area contributed by atoms with Gasteiger partial charge in [0.05, 0.1) is 0 Å². The third kappa shape index (κ3) is 9.41. The maximum atomic E-state index is 10.4. The average Bonchev–Trinajstić information content (AvgIpc) is 1.96. The number of hydrogen-bond acceptors (Lipinski definition) is 1. The number of rotatable bonds is 7. The van der Waals surface area contributed by atoms with Crippen LogP contribution in [0.3, 0.4) is 0 Å². The highest BCUT2D eigenvalue weighted by atomic mass is 16.1. The molecule has 0 atom stereocenters. The summed E-state index contributed by atoms with van der Waals surface area (Å²) in [5.74, 6) is 0.0636. The molecule has 0 aromatic carbocycles. The molecule has 63 valence electrons. The van der Waals surface area contributed by atoms with Crippen LogP contribution in [0.2, 0.25) is 0 Å². The number of Topliss-reactive ketones (excluding diaryl/α,β-unsaturated/α-hetero) is 1. The lowest BCUT2D eigenvalue weighted by molar-refractivity contribution is -0.114. The predicted molar refractivity (Wildman–Crippen MR) is 48.3 cm³/mol. The molecule has 0 amide bonds. The summed E-state index contributed by atoms with van der Waals surface area (Å²) in [5.41, 5.74) is 0. The predicted octanol–water partition coefficient (Wildman–Crippen LogP) is 2.92. The Morgan fingerprint density at radius 3 is 2.36 bits per heavy atom. The summed E-state index contributed by atoms with van der Waals surface area (Å²) in [5, 5.41) is 0. The van der Waals surface area contributed by atoms with Crippen molar-refractivity contribution in [1.82, 2.24) is 0 Å². The Labute approximate surface area is 69.5 Å². The topological polar surface area (TPSA) is 17.1 Å². The Balaban J connectivity index is 2.90. The molecule has 0 fully saturated rings. The Morgan fingerprint density at radius 2 is 1.82 bits per heavy atom. The van der Waals surface area contributed by atoms with Crippen LogP contribution < -0.4 is 0 Å². The van der Waals surface area contributed by atoms with Crippen LogP contribution >= 0.6 is 0 Å². The van der Waals surface area contributed by atoms with Gasteiger partial charge >= 0.3 is 0 Å². The molecule has 0 saturated carbocycles. The van der Waals surface area contributed by atoms with Gasteiger partial charge < -0.3 is 0 Å². The molecule has 1 heteroatoms. The molecule has 0 unspecified atom stereocenters. The van der Waals surface area contributed by atoms with Crippen LogP contribution in [-0.4, -0.2) is 5.78 Å². The summed E-state index contributed by atoms with van der Waals surface area (Å²) in [7, 11) is 0. The van der Waals surface area contributed by atoms with Crippen molar-refractivity contribution in [3.8, 4) is 0 Å². The lowest BCUT2D eigenvalue weighted by atomic mass is 10.1. The zero-order chi connectivity index (χ0) is 8.53. The van der Waals surface area contributed by atoms with E-state index in [2.05, 4.69) is 13.5 Å². The zero-order valence-corrected chi connectivity index (χ0v) is 7.14. The van der Waals surface area contributed by atoms with E-state index in [0.29, 0.717) is 6.42 Å². The van der Waals surface area contributed by atoms with Gasteiger partial charge in [0, 0.05) is 13.3 Å².